The molecule has 15 heavy (non-hydrogen) atoms. The van der Waals surface area contributed by atoms with Crippen LogP contribution in [0.4, 0.5) is 5.00 Å². The molecule has 0 spiro atoms. The molecule has 1 fully saturated rings. The van der Waals surface area contributed by atoms with Gasteiger partial charge in [0.1, 0.15) is 0 Å². The second-order valence-electron chi connectivity index (χ2n) is 3.81. The third kappa shape index (κ3) is 1.88. The lowest BCUT2D eigenvalue weighted by atomic mass is 10.1. The second kappa shape index (κ2) is 3.88. The molecule has 1 aromatic heterocycles. The van der Waals surface area contributed by atoms with E-state index in [9.17, 15) is 10.1 Å². The van der Waals surface area contributed by atoms with Crippen LogP contribution in [0, 0.1) is 10.1 Å². The van der Waals surface area contributed by atoms with Crippen LogP contribution in [0.25, 0.3) is 0 Å². The summed E-state index contributed by atoms with van der Waals surface area (Å²) in [7, 11) is 2.00. The monoisotopic (exact) mass is 227 g/mol. The first-order valence-corrected chi connectivity index (χ1v) is 5.61. The normalized spacial score (nSPS) is 27.1. The molecule has 0 aromatic carbocycles. The quantitative estimate of drug-likeness (QED) is 0.611. The smallest absolute Gasteiger partial charge is 0.324 e. The highest BCUT2D eigenvalue weighted by atomic mass is 32.1. The van der Waals surface area contributed by atoms with Gasteiger partial charge in [-0.15, -0.1) is 0 Å². The van der Waals surface area contributed by atoms with Crippen molar-refractivity contribution in [1.82, 2.24) is 4.90 Å². The number of thiophene rings is 1. The maximum absolute atomic E-state index is 10.6. The van der Waals surface area contributed by atoms with E-state index in [-0.39, 0.29) is 22.0 Å². The number of rotatable bonds is 2. The molecule has 0 aliphatic carbocycles. The van der Waals surface area contributed by atoms with Gasteiger partial charge in [-0.05, 0) is 19.5 Å². The van der Waals surface area contributed by atoms with Gasteiger partial charge in [0.15, 0.2) is 0 Å². The maximum atomic E-state index is 10.6. The molecule has 1 aliphatic rings. The van der Waals surface area contributed by atoms with Crippen molar-refractivity contribution in [3.8, 4) is 0 Å². The molecule has 1 saturated heterocycles. The Morgan fingerprint density at radius 1 is 1.67 bits per heavy atom. The summed E-state index contributed by atoms with van der Waals surface area (Å²) in [5.74, 6) is 0. The average molecular weight is 227 g/mol. The van der Waals surface area contributed by atoms with Crippen LogP contribution in [0.1, 0.15) is 17.3 Å². The number of likely N-dealkylation sites (N-methyl/N-ethyl adjacent to an activating group) is 1. The van der Waals surface area contributed by atoms with Crippen LogP contribution >= 0.6 is 11.3 Å². The number of nitrogens with zero attached hydrogens (tertiary/aromatic N) is 2. The number of likely N-dealkylation sites (tertiary alicyclic amines) is 1. The predicted molar refractivity (Wildman–Crippen MR) is 58.9 cm³/mol. The minimum absolute atomic E-state index is 0.0910. The first-order chi connectivity index (χ1) is 7.09. The zero-order valence-electron chi connectivity index (χ0n) is 8.42. The Bertz CT molecular complexity index is 369. The molecular formula is C9H13N3O2S. The number of hydrogen-bond acceptors (Lipinski definition) is 5. The van der Waals surface area contributed by atoms with Crippen molar-refractivity contribution >= 4 is 16.3 Å². The predicted octanol–water partition coefficient (Wildman–Crippen LogP) is 1.36. The fourth-order valence-electron chi connectivity index (χ4n) is 2.00. The molecule has 1 aromatic rings. The number of nitro groups is 1. The summed E-state index contributed by atoms with van der Waals surface area (Å²) in [4.78, 5) is 13.4. The lowest BCUT2D eigenvalue weighted by Crippen LogP contribution is -2.28. The third-order valence-electron chi connectivity index (χ3n) is 2.78. The van der Waals surface area contributed by atoms with Gasteiger partial charge < -0.3 is 5.73 Å². The van der Waals surface area contributed by atoms with Crippen LogP contribution in [0.2, 0.25) is 0 Å². The van der Waals surface area contributed by atoms with E-state index in [4.69, 9.17) is 5.73 Å². The molecule has 0 saturated carbocycles. The summed E-state index contributed by atoms with van der Waals surface area (Å²) < 4.78 is 0. The molecule has 1 aliphatic heterocycles. The molecule has 2 rings (SSSR count). The van der Waals surface area contributed by atoms with E-state index >= 15 is 0 Å². The van der Waals surface area contributed by atoms with Crippen molar-refractivity contribution in [2.45, 2.75) is 18.5 Å². The van der Waals surface area contributed by atoms with Crippen molar-refractivity contribution in [3.05, 3.63) is 27.1 Å². The summed E-state index contributed by atoms with van der Waals surface area (Å²) >= 11 is 1.22. The SMILES string of the molecule is CN1CCC(N)C1c1ccc([N+](=O)[O-])s1. The Labute approximate surface area is 91.6 Å². The zero-order chi connectivity index (χ0) is 11.0. The van der Waals surface area contributed by atoms with Crippen molar-refractivity contribution in [3.63, 3.8) is 0 Å². The number of hydrogen-bond donors (Lipinski definition) is 1. The topological polar surface area (TPSA) is 72.4 Å². The molecule has 2 N–H and O–H groups in total. The highest BCUT2D eigenvalue weighted by Gasteiger charge is 2.32. The molecule has 2 atom stereocenters. The zero-order valence-corrected chi connectivity index (χ0v) is 9.24. The largest absolute Gasteiger partial charge is 0.326 e. The summed E-state index contributed by atoms with van der Waals surface area (Å²) in [6.07, 6.45) is 0.951. The lowest BCUT2D eigenvalue weighted by Gasteiger charge is -2.20. The Hall–Kier alpha value is -0.980. The standard InChI is InChI=1S/C9H13N3O2S/c1-11-5-4-6(10)9(11)7-2-3-8(15-7)12(13)14/h2-3,6,9H,4-5,10H2,1H3. The van der Waals surface area contributed by atoms with E-state index in [1.54, 1.807) is 6.07 Å². The second-order valence-corrected chi connectivity index (χ2v) is 4.90. The molecule has 5 nitrogen and oxygen atoms in total. The van der Waals surface area contributed by atoms with Crippen LogP contribution in [0.15, 0.2) is 12.1 Å². The van der Waals surface area contributed by atoms with Gasteiger partial charge in [0.25, 0.3) is 0 Å². The highest BCUT2D eigenvalue weighted by molar-refractivity contribution is 7.15. The van der Waals surface area contributed by atoms with Crippen LogP contribution in [-0.4, -0.2) is 29.5 Å². The van der Waals surface area contributed by atoms with E-state index in [0.717, 1.165) is 17.8 Å². The average Bonchev–Trinajstić information content (AvgIpc) is 2.73. The fraction of sp³-hybridized carbons (Fsp3) is 0.556. The molecular weight excluding hydrogens is 214 g/mol. The van der Waals surface area contributed by atoms with Crippen molar-refractivity contribution in [2.24, 2.45) is 5.73 Å². The highest BCUT2D eigenvalue weighted by Crippen LogP contribution is 2.36. The van der Waals surface area contributed by atoms with Gasteiger partial charge in [-0.1, -0.05) is 11.3 Å². The van der Waals surface area contributed by atoms with Gasteiger partial charge in [-0.25, -0.2) is 0 Å². The van der Waals surface area contributed by atoms with Gasteiger partial charge >= 0.3 is 5.00 Å². The first-order valence-electron chi connectivity index (χ1n) is 4.79. The van der Waals surface area contributed by atoms with Gasteiger partial charge in [-0.2, -0.15) is 0 Å². The van der Waals surface area contributed by atoms with Gasteiger partial charge in [0.2, 0.25) is 0 Å². The van der Waals surface area contributed by atoms with E-state index in [0.29, 0.717) is 0 Å². The van der Waals surface area contributed by atoms with Gasteiger partial charge in [0, 0.05) is 23.5 Å². The molecule has 0 bridgehead atoms. The van der Waals surface area contributed by atoms with E-state index in [2.05, 4.69) is 4.90 Å². The van der Waals surface area contributed by atoms with Crippen LogP contribution < -0.4 is 5.73 Å². The molecule has 82 valence electrons. The summed E-state index contributed by atoms with van der Waals surface area (Å²) in [6, 6.07) is 3.60. The van der Waals surface area contributed by atoms with Crippen molar-refractivity contribution < 1.29 is 4.92 Å². The van der Waals surface area contributed by atoms with E-state index < -0.39 is 0 Å². The maximum Gasteiger partial charge on any atom is 0.324 e. The summed E-state index contributed by atoms with van der Waals surface area (Å²) in [5, 5.41) is 10.8. The Kier molecular flexibility index (Phi) is 2.72. The molecule has 2 heterocycles. The van der Waals surface area contributed by atoms with Crippen molar-refractivity contribution in [1.29, 1.82) is 0 Å². The lowest BCUT2D eigenvalue weighted by molar-refractivity contribution is -0.380. The Balaban J connectivity index is 2.25. The molecule has 6 heteroatoms. The van der Waals surface area contributed by atoms with Gasteiger partial charge in [-0.3, -0.25) is 15.0 Å². The molecule has 2 unspecified atom stereocenters. The minimum Gasteiger partial charge on any atom is -0.326 e. The number of nitrogens with two attached hydrogens (primary N) is 1. The molecule has 0 amide bonds. The Morgan fingerprint density at radius 2 is 2.40 bits per heavy atom. The van der Waals surface area contributed by atoms with Crippen LogP contribution in [-0.2, 0) is 0 Å². The van der Waals surface area contributed by atoms with E-state index in [1.165, 1.54) is 11.3 Å². The first kappa shape index (κ1) is 10.5. The Morgan fingerprint density at radius 3 is 2.87 bits per heavy atom. The van der Waals surface area contributed by atoms with Crippen LogP contribution in [0.3, 0.4) is 0 Å². The minimum atomic E-state index is -0.353. The summed E-state index contributed by atoms with van der Waals surface area (Å²) in [5.41, 5.74) is 5.98. The van der Waals surface area contributed by atoms with E-state index in [1.807, 2.05) is 13.1 Å². The fourth-order valence-corrected chi connectivity index (χ4v) is 3.07. The molecule has 0 radical (unpaired) electrons. The third-order valence-corrected chi connectivity index (χ3v) is 3.89. The van der Waals surface area contributed by atoms with Crippen molar-refractivity contribution in [2.75, 3.05) is 13.6 Å². The summed E-state index contributed by atoms with van der Waals surface area (Å²) in [6.45, 7) is 0.956. The van der Waals surface area contributed by atoms with Gasteiger partial charge in [0.05, 0.1) is 11.0 Å². The van der Waals surface area contributed by atoms with Crippen LogP contribution in [0.5, 0.6) is 0 Å².